The van der Waals surface area contributed by atoms with Crippen LogP contribution in [0, 0.1) is 19.7 Å². The number of aromatic nitrogens is 2. The normalized spacial score (nSPS) is 13.2. The molecule has 46 heavy (non-hydrogen) atoms. The van der Waals surface area contributed by atoms with Gasteiger partial charge in [-0.1, -0.05) is 24.6 Å². The van der Waals surface area contributed by atoms with Crippen molar-refractivity contribution in [2.24, 2.45) is 0 Å². The molecule has 1 fully saturated rings. The van der Waals surface area contributed by atoms with E-state index in [-0.39, 0.29) is 17.6 Å². The van der Waals surface area contributed by atoms with Crippen molar-refractivity contribution in [1.82, 2.24) is 14.9 Å². The zero-order chi connectivity index (χ0) is 32.5. The second-order valence-corrected chi connectivity index (χ2v) is 11.1. The van der Waals surface area contributed by atoms with Gasteiger partial charge < -0.3 is 29.2 Å². The molecule has 242 valence electrons. The quantitative estimate of drug-likeness (QED) is 0.154. The molecule has 0 spiro atoms. The van der Waals surface area contributed by atoms with Crippen LogP contribution in [0.5, 0.6) is 23.1 Å². The molecule has 0 atom stereocenters. The first kappa shape index (κ1) is 32.5. The summed E-state index contributed by atoms with van der Waals surface area (Å²) < 4.78 is 37.0. The zero-order valence-electron chi connectivity index (χ0n) is 26.7. The van der Waals surface area contributed by atoms with Crippen molar-refractivity contribution in [1.29, 1.82) is 0 Å². The second-order valence-electron chi connectivity index (χ2n) is 11.1. The van der Waals surface area contributed by atoms with Crippen LogP contribution >= 0.6 is 0 Å². The Morgan fingerprint density at radius 2 is 1.74 bits per heavy atom. The van der Waals surface area contributed by atoms with Gasteiger partial charge in [0.05, 0.1) is 32.2 Å². The molecule has 0 radical (unpaired) electrons. The monoisotopic (exact) mass is 629 g/mol. The van der Waals surface area contributed by atoms with Crippen LogP contribution in [0.15, 0.2) is 60.7 Å². The third-order valence-corrected chi connectivity index (χ3v) is 7.94. The number of benzene rings is 3. The molecule has 0 unspecified atom stereocenters. The number of hydrogen-bond acceptors (Lipinski definition) is 9. The lowest BCUT2D eigenvalue weighted by atomic mass is 10.0. The summed E-state index contributed by atoms with van der Waals surface area (Å²) in [6.45, 7) is 7.62. The van der Waals surface area contributed by atoms with Crippen molar-refractivity contribution in [2.45, 2.75) is 39.5 Å². The molecular formula is C35H40FN5O5. The summed E-state index contributed by atoms with van der Waals surface area (Å²) in [5, 5.41) is 5.72. The number of halogens is 1. The average molecular weight is 630 g/mol. The van der Waals surface area contributed by atoms with Crippen LogP contribution in [0.3, 0.4) is 0 Å². The van der Waals surface area contributed by atoms with Gasteiger partial charge in [-0.3, -0.25) is 5.32 Å². The van der Waals surface area contributed by atoms with Crippen molar-refractivity contribution in [2.75, 3.05) is 51.1 Å². The summed E-state index contributed by atoms with van der Waals surface area (Å²) in [4.78, 5) is 24.5. The highest BCUT2D eigenvalue weighted by Gasteiger charge is 2.17. The van der Waals surface area contributed by atoms with Gasteiger partial charge in [0.2, 0.25) is 11.8 Å². The van der Waals surface area contributed by atoms with Crippen LogP contribution in [-0.4, -0.2) is 61.4 Å². The number of amides is 1. The molecule has 4 aromatic rings. The van der Waals surface area contributed by atoms with Gasteiger partial charge in [-0.05, 0) is 81.6 Å². The summed E-state index contributed by atoms with van der Waals surface area (Å²) in [6.07, 6.45) is 3.81. The van der Waals surface area contributed by atoms with Crippen molar-refractivity contribution in [3.63, 3.8) is 0 Å². The number of aryl methyl sites for hydroxylation is 1. The molecule has 2 N–H and O–H groups in total. The van der Waals surface area contributed by atoms with Gasteiger partial charge in [-0.25, -0.2) is 14.2 Å². The van der Waals surface area contributed by atoms with Crippen molar-refractivity contribution >= 4 is 23.4 Å². The Morgan fingerprint density at radius 3 is 2.50 bits per heavy atom. The third kappa shape index (κ3) is 8.42. The highest BCUT2D eigenvalue weighted by molar-refractivity contribution is 5.88. The molecule has 1 aliphatic rings. The number of rotatable bonds is 12. The van der Waals surface area contributed by atoms with E-state index in [1.807, 2.05) is 32.0 Å². The molecule has 1 saturated heterocycles. The Bertz CT molecular complexity index is 1660. The van der Waals surface area contributed by atoms with E-state index in [0.717, 1.165) is 42.7 Å². The molecule has 11 heteroatoms. The van der Waals surface area contributed by atoms with E-state index in [1.54, 1.807) is 36.4 Å². The number of nitrogens with zero attached hydrogens (tertiary/aromatic N) is 3. The lowest BCUT2D eigenvalue weighted by Gasteiger charge is -2.26. The van der Waals surface area contributed by atoms with Gasteiger partial charge in [0.25, 0.3) is 0 Å². The first-order chi connectivity index (χ1) is 22.3. The number of carbonyl (C=O) groups excluding carboxylic acids is 1. The molecule has 1 aromatic heterocycles. The summed E-state index contributed by atoms with van der Waals surface area (Å²) in [5.74, 6) is 0.745. The summed E-state index contributed by atoms with van der Waals surface area (Å²) in [6, 6.07) is 17.0. The average Bonchev–Trinajstić information content (AvgIpc) is 3.05. The Balaban J connectivity index is 1.33. The van der Waals surface area contributed by atoms with E-state index in [0.29, 0.717) is 35.2 Å². The Labute approximate surface area is 268 Å². The minimum absolute atomic E-state index is 0.0121. The van der Waals surface area contributed by atoms with E-state index < -0.39 is 11.9 Å². The number of nitrogens with one attached hydrogen (secondary N) is 2. The summed E-state index contributed by atoms with van der Waals surface area (Å²) in [7, 11) is 3.02. The van der Waals surface area contributed by atoms with Crippen molar-refractivity contribution < 1.29 is 28.1 Å². The predicted molar refractivity (Wildman–Crippen MR) is 176 cm³/mol. The highest BCUT2D eigenvalue weighted by Crippen LogP contribution is 2.31. The van der Waals surface area contributed by atoms with Gasteiger partial charge in [0, 0.05) is 36.0 Å². The molecule has 0 saturated carbocycles. The van der Waals surface area contributed by atoms with Gasteiger partial charge in [-0.15, -0.1) is 0 Å². The van der Waals surface area contributed by atoms with Crippen LogP contribution in [0.2, 0.25) is 0 Å². The van der Waals surface area contributed by atoms with Crippen LogP contribution < -0.4 is 29.6 Å². The van der Waals surface area contributed by atoms with Crippen molar-refractivity contribution in [3.8, 4) is 34.4 Å². The lowest BCUT2D eigenvalue weighted by Crippen LogP contribution is -2.31. The maximum Gasteiger partial charge on any atom is 0.418 e. The second kappa shape index (κ2) is 15.4. The largest absolute Gasteiger partial charge is 0.497 e. The summed E-state index contributed by atoms with van der Waals surface area (Å²) >= 11 is 0. The van der Waals surface area contributed by atoms with E-state index >= 15 is 4.39 Å². The maximum atomic E-state index is 15.0. The van der Waals surface area contributed by atoms with Crippen LogP contribution in [0.4, 0.5) is 26.5 Å². The summed E-state index contributed by atoms with van der Waals surface area (Å²) in [5.41, 5.74) is 4.21. The SMILES string of the molecule is COc1ccc(OC)c(NC(=O)Oc2cc(-c3cccc(C)c3C)nc(Nc3ccc(OCCCN4CCCCC4)c(F)c3)n2)c1. The fourth-order valence-electron chi connectivity index (χ4n) is 5.32. The molecule has 1 amide bonds. The Hall–Kier alpha value is -4.90. The molecule has 2 heterocycles. The first-order valence-electron chi connectivity index (χ1n) is 15.4. The predicted octanol–water partition coefficient (Wildman–Crippen LogP) is 7.53. The Morgan fingerprint density at radius 1 is 0.935 bits per heavy atom. The fourth-order valence-corrected chi connectivity index (χ4v) is 5.32. The minimum atomic E-state index is -0.795. The van der Waals surface area contributed by atoms with Gasteiger partial charge in [0.1, 0.15) is 11.5 Å². The van der Waals surface area contributed by atoms with Gasteiger partial charge in [0.15, 0.2) is 11.6 Å². The number of hydrogen-bond donors (Lipinski definition) is 2. The molecule has 5 rings (SSSR count). The zero-order valence-corrected chi connectivity index (χ0v) is 26.7. The van der Waals surface area contributed by atoms with E-state index in [1.165, 1.54) is 39.5 Å². The topological polar surface area (TPSA) is 107 Å². The third-order valence-electron chi connectivity index (χ3n) is 7.94. The highest BCUT2D eigenvalue weighted by atomic mass is 19.1. The first-order valence-corrected chi connectivity index (χ1v) is 15.4. The fraction of sp³-hybridized carbons (Fsp3) is 0.343. The van der Waals surface area contributed by atoms with Gasteiger partial charge in [-0.2, -0.15) is 4.98 Å². The molecular weight excluding hydrogens is 589 g/mol. The van der Waals surface area contributed by atoms with Gasteiger partial charge >= 0.3 is 6.09 Å². The standard InChI is InChI=1S/C35H40FN5O5/c1-23-10-8-11-27(24(23)2)29-22-33(46-35(42)39-30-21-26(43-3)13-15-32(30)44-4)40-34(38-29)37-25-12-14-31(28(36)20-25)45-19-9-18-41-16-6-5-7-17-41/h8,10-15,20-22H,5-7,9,16-19H2,1-4H3,(H,39,42)(H,37,38,40). The lowest BCUT2D eigenvalue weighted by molar-refractivity contribution is 0.203. The Kier molecular flexibility index (Phi) is 10.9. The van der Waals surface area contributed by atoms with Crippen LogP contribution in [0.1, 0.15) is 36.8 Å². The molecule has 1 aliphatic heterocycles. The number of anilines is 3. The van der Waals surface area contributed by atoms with Crippen LogP contribution in [0.25, 0.3) is 11.3 Å². The van der Waals surface area contributed by atoms with E-state index in [9.17, 15) is 4.79 Å². The molecule has 0 bridgehead atoms. The minimum Gasteiger partial charge on any atom is -0.497 e. The van der Waals surface area contributed by atoms with Crippen LogP contribution in [-0.2, 0) is 0 Å². The molecule has 0 aliphatic carbocycles. The number of ether oxygens (including phenoxy) is 4. The maximum absolute atomic E-state index is 15.0. The molecule has 10 nitrogen and oxygen atoms in total. The number of likely N-dealkylation sites (tertiary alicyclic amines) is 1. The number of methoxy groups -OCH3 is 2. The number of piperidine rings is 1. The number of carbonyl (C=O) groups is 1. The molecule has 3 aromatic carbocycles. The van der Waals surface area contributed by atoms with E-state index in [2.05, 4.69) is 25.5 Å². The van der Waals surface area contributed by atoms with E-state index in [4.69, 9.17) is 18.9 Å². The van der Waals surface area contributed by atoms with Crippen molar-refractivity contribution in [3.05, 3.63) is 77.6 Å². The smallest absolute Gasteiger partial charge is 0.418 e.